The van der Waals surface area contributed by atoms with Crippen LogP contribution in [0.1, 0.15) is 44.4 Å². The maximum Gasteiger partial charge on any atom is 0.0659 e. The average molecular weight is 166 g/mol. The van der Waals surface area contributed by atoms with Gasteiger partial charge in [-0.15, -0.1) is 0 Å². The van der Waals surface area contributed by atoms with Crippen LogP contribution in [0.2, 0.25) is 0 Å². The molecule has 0 radical (unpaired) electrons. The molecule has 0 aromatic carbocycles. The van der Waals surface area contributed by atoms with Gasteiger partial charge in [0.05, 0.1) is 5.69 Å². The van der Waals surface area contributed by atoms with E-state index in [0.717, 1.165) is 5.92 Å². The molecule has 12 heavy (non-hydrogen) atoms. The first-order chi connectivity index (χ1) is 5.77. The van der Waals surface area contributed by atoms with E-state index in [0.29, 0.717) is 0 Å². The van der Waals surface area contributed by atoms with Crippen LogP contribution in [-0.4, -0.2) is 9.78 Å². The molecular formula is C10H18N2. The summed E-state index contributed by atoms with van der Waals surface area (Å²) in [5, 5.41) is 4.36. The smallest absolute Gasteiger partial charge is 0.0659 e. The highest BCUT2D eigenvalue weighted by molar-refractivity contribution is 5.26. The van der Waals surface area contributed by atoms with E-state index in [1.54, 1.807) is 0 Å². The Hall–Kier alpha value is -0.790. The van der Waals surface area contributed by atoms with E-state index < -0.39 is 0 Å². The lowest BCUT2D eigenvalue weighted by molar-refractivity contribution is 0.690. The van der Waals surface area contributed by atoms with Crippen LogP contribution in [0.25, 0.3) is 0 Å². The topological polar surface area (TPSA) is 17.8 Å². The molecule has 0 bridgehead atoms. The molecule has 1 heterocycles. The van der Waals surface area contributed by atoms with Crippen LogP contribution in [0.3, 0.4) is 0 Å². The van der Waals surface area contributed by atoms with E-state index in [4.69, 9.17) is 0 Å². The standard InChI is InChI=1S/C8H12N2.C2H6/c1-6-3-4-8-7(6)5-10(2)9-8;1-2/h5-6H,3-4H2,1-2H3;1-2H3. The molecule has 1 atom stereocenters. The van der Waals surface area contributed by atoms with E-state index in [2.05, 4.69) is 18.2 Å². The Morgan fingerprint density at radius 2 is 2.17 bits per heavy atom. The van der Waals surface area contributed by atoms with Crippen molar-refractivity contribution in [2.24, 2.45) is 7.05 Å². The zero-order valence-electron chi connectivity index (χ0n) is 8.46. The molecule has 0 amide bonds. The van der Waals surface area contributed by atoms with Crippen molar-refractivity contribution in [3.63, 3.8) is 0 Å². The third-order valence-electron chi connectivity index (χ3n) is 2.28. The van der Waals surface area contributed by atoms with Crippen LogP contribution >= 0.6 is 0 Å². The second-order valence-corrected chi connectivity index (χ2v) is 3.14. The minimum absolute atomic E-state index is 0.740. The number of hydrogen-bond acceptors (Lipinski definition) is 1. The van der Waals surface area contributed by atoms with Gasteiger partial charge in [0.1, 0.15) is 0 Å². The van der Waals surface area contributed by atoms with Crippen LogP contribution < -0.4 is 0 Å². The quantitative estimate of drug-likeness (QED) is 0.579. The van der Waals surface area contributed by atoms with E-state index >= 15 is 0 Å². The summed E-state index contributed by atoms with van der Waals surface area (Å²) in [5.41, 5.74) is 2.78. The first kappa shape index (κ1) is 9.30. The molecule has 1 unspecified atom stereocenters. The lowest BCUT2D eigenvalue weighted by atomic mass is 10.1. The molecule has 1 aromatic heterocycles. The van der Waals surface area contributed by atoms with Gasteiger partial charge >= 0.3 is 0 Å². The van der Waals surface area contributed by atoms with Gasteiger partial charge in [-0.2, -0.15) is 5.10 Å². The molecular weight excluding hydrogens is 148 g/mol. The van der Waals surface area contributed by atoms with Crippen molar-refractivity contribution in [1.29, 1.82) is 0 Å². The Labute approximate surface area is 74.6 Å². The summed E-state index contributed by atoms with van der Waals surface area (Å²) in [7, 11) is 1.99. The summed E-state index contributed by atoms with van der Waals surface area (Å²) in [5.74, 6) is 0.740. The van der Waals surface area contributed by atoms with Gasteiger partial charge in [-0.3, -0.25) is 4.68 Å². The van der Waals surface area contributed by atoms with E-state index in [1.165, 1.54) is 24.1 Å². The lowest BCUT2D eigenvalue weighted by Crippen LogP contribution is -1.90. The summed E-state index contributed by atoms with van der Waals surface area (Å²) in [4.78, 5) is 0. The number of nitrogens with zero attached hydrogens (tertiary/aromatic N) is 2. The third kappa shape index (κ3) is 1.52. The monoisotopic (exact) mass is 166 g/mol. The van der Waals surface area contributed by atoms with Gasteiger partial charge in [-0.05, 0) is 24.3 Å². The van der Waals surface area contributed by atoms with Crippen molar-refractivity contribution >= 4 is 0 Å². The fourth-order valence-corrected chi connectivity index (χ4v) is 1.67. The van der Waals surface area contributed by atoms with Gasteiger partial charge in [-0.1, -0.05) is 20.8 Å². The summed E-state index contributed by atoms with van der Waals surface area (Å²) in [6.07, 6.45) is 4.61. The molecule has 2 nitrogen and oxygen atoms in total. The normalized spacial score (nSPS) is 19.8. The molecule has 0 spiro atoms. The van der Waals surface area contributed by atoms with Gasteiger partial charge in [0, 0.05) is 13.2 Å². The van der Waals surface area contributed by atoms with Gasteiger partial charge in [0.15, 0.2) is 0 Å². The number of aromatic nitrogens is 2. The maximum absolute atomic E-state index is 4.36. The predicted molar refractivity (Wildman–Crippen MR) is 51.3 cm³/mol. The lowest BCUT2D eigenvalue weighted by Gasteiger charge is -1.96. The van der Waals surface area contributed by atoms with E-state index in [-0.39, 0.29) is 0 Å². The molecule has 0 N–H and O–H groups in total. The van der Waals surface area contributed by atoms with Gasteiger partial charge in [-0.25, -0.2) is 0 Å². The fourth-order valence-electron chi connectivity index (χ4n) is 1.67. The van der Waals surface area contributed by atoms with Gasteiger partial charge in [0.2, 0.25) is 0 Å². The Bertz CT molecular complexity index is 250. The largest absolute Gasteiger partial charge is 0.275 e. The number of hydrogen-bond donors (Lipinski definition) is 0. The van der Waals surface area contributed by atoms with Crippen molar-refractivity contribution in [2.75, 3.05) is 0 Å². The zero-order valence-corrected chi connectivity index (χ0v) is 8.46. The third-order valence-corrected chi connectivity index (χ3v) is 2.28. The highest BCUT2D eigenvalue weighted by Crippen LogP contribution is 2.30. The second-order valence-electron chi connectivity index (χ2n) is 3.14. The van der Waals surface area contributed by atoms with Crippen molar-refractivity contribution in [2.45, 2.75) is 39.5 Å². The Balaban J connectivity index is 0.000000336. The molecule has 68 valence electrons. The number of aryl methyl sites for hydroxylation is 2. The molecule has 0 fully saturated rings. The summed E-state index contributed by atoms with van der Waals surface area (Å²) >= 11 is 0. The summed E-state index contributed by atoms with van der Waals surface area (Å²) in [6.45, 7) is 6.27. The van der Waals surface area contributed by atoms with Gasteiger partial charge < -0.3 is 0 Å². The summed E-state index contributed by atoms with van der Waals surface area (Å²) < 4.78 is 1.92. The van der Waals surface area contributed by atoms with Crippen LogP contribution in [0, 0.1) is 0 Å². The SMILES string of the molecule is CC.CC1CCc2nn(C)cc21. The Morgan fingerprint density at radius 1 is 1.50 bits per heavy atom. The maximum atomic E-state index is 4.36. The highest BCUT2D eigenvalue weighted by atomic mass is 15.3. The van der Waals surface area contributed by atoms with Crippen molar-refractivity contribution in [3.05, 3.63) is 17.5 Å². The van der Waals surface area contributed by atoms with Crippen molar-refractivity contribution < 1.29 is 0 Å². The van der Waals surface area contributed by atoms with Crippen molar-refractivity contribution in [1.82, 2.24) is 9.78 Å². The van der Waals surface area contributed by atoms with Crippen molar-refractivity contribution in [3.8, 4) is 0 Å². The second kappa shape index (κ2) is 3.74. The number of fused-ring (bicyclic) bond motifs is 1. The van der Waals surface area contributed by atoms with E-state index in [9.17, 15) is 0 Å². The first-order valence-corrected chi connectivity index (χ1v) is 4.80. The predicted octanol–water partition coefficient (Wildman–Crippen LogP) is 2.50. The van der Waals surface area contributed by atoms with Gasteiger partial charge in [0.25, 0.3) is 0 Å². The molecule has 0 saturated heterocycles. The summed E-state index contributed by atoms with van der Waals surface area (Å²) in [6, 6.07) is 0. The van der Waals surface area contributed by atoms with E-state index in [1.807, 2.05) is 25.6 Å². The fraction of sp³-hybridized carbons (Fsp3) is 0.700. The molecule has 1 aliphatic carbocycles. The molecule has 2 heteroatoms. The average Bonchev–Trinajstić information content (AvgIpc) is 2.58. The Morgan fingerprint density at radius 3 is 2.75 bits per heavy atom. The van der Waals surface area contributed by atoms with Crippen LogP contribution in [-0.2, 0) is 13.5 Å². The molecule has 1 aliphatic rings. The first-order valence-electron chi connectivity index (χ1n) is 4.80. The van der Waals surface area contributed by atoms with Crippen LogP contribution in [0.5, 0.6) is 0 Å². The minimum Gasteiger partial charge on any atom is -0.275 e. The zero-order chi connectivity index (χ0) is 9.14. The molecule has 0 saturated carbocycles. The molecule has 2 rings (SSSR count). The van der Waals surface area contributed by atoms with Crippen LogP contribution in [0.15, 0.2) is 6.20 Å². The number of rotatable bonds is 0. The Kier molecular flexibility index (Phi) is 2.90. The minimum atomic E-state index is 0.740. The molecule has 0 aliphatic heterocycles. The molecule has 1 aromatic rings. The van der Waals surface area contributed by atoms with Crippen LogP contribution in [0.4, 0.5) is 0 Å². The highest BCUT2D eigenvalue weighted by Gasteiger charge is 2.20.